The Bertz CT molecular complexity index is 618. The molecule has 130 valence electrons. The van der Waals surface area contributed by atoms with Crippen molar-refractivity contribution in [2.45, 2.75) is 50.7 Å². The molecule has 1 aromatic carbocycles. The van der Waals surface area contributed by atoms with Gasteiger partial charge in [0, 0.05) is 43.3 Å². The molecule has 2 fully saturated rings. The highest BCUT2D eigenvalue weighted by Crippen LogP contribution is 2.33. The molecule has 0 bridgehead atoms. The minimum Gasteiger partial charge on any atom is -0.338 e. The molecule has 2 aliphatic rings. The fourth-order valence-corrected chi connectivity index (χ4v) is 3.46. The maximum absolute atomic E-state index is 12.0. The summed E-state index contributed by atoms with van der Waals surface area (Å²) in [7, 11) is 0. The molecule has 1 aliphatic carbocycles. The number of rotatable bonds is 6. The smallest absolute Gasteiger partial charge is 0.315 e. The van der Waals surface area contributed by atoms with Crippen molar-refractivity contribution in [3.05, 3.63) is 39.9 Å². The molecule has 1 aromatic rings. The predicted octanol–water partition coefficient (Wildman–Crippen LogP) is 2.06. The molecule has 3 rings (SSSR count). The van der Waals surface area contributed by atoms with Crippen LogP contribution in [-0.4, -0.2) is 47.1 Å². The number of nitro groups is 1. The lowest BCUT2D eigenvalue weighted by Crippen LogP contribution is -2.44. The van der Waals surface area contributed by atoms with E-state index >= 15 is 0 Å². The van der Waals surface area contributed by atoms with Crippen LogP contribution in [0.5, 0.6) is 0 Å². The third kappa shape index (κ3) is 4.23. The second kappa shape index (κ2) is 7.17. The Balaban J connectivity index is 1.40. The SMILES string of the molecule is C[C@@H]1C[C@H](NC(=O)NCCc2cccc([N+](=O)[O-])c2)CN1C1CC1. The molecule has 1 aliphatic heterocycles. The first kappa shape index (κ1) is 16.7. The van der Waals surface area contributed by atoms with Gasteiger partial charge in [-0.3, -0.25) is 15.0 Å². The van der Waals surface area contributed by atoms with Crippen molar-refractivity contribution in [2.75, 3.05) is 13.1 Å². The molecule has 0 radical (unpaired) electrons. The van der Waals surface area contributed by atoms with E-state index in [1.54, 1.807) is 12.1 Å². The molecule has 2 atom stereocenters. The number of nitrogens with one attached hydrogen (secondary N) is 2. The Morgan fingerprint density at radius 3 is 2.92 bits per heavy atom. The van der Waals surface area contributed by atoms with Crippen molar-refractivity contribution in [3.8, 4) is 0 Å². The first-order valence-corrected chi connectivity index (χ1v) is 8.56. The molecule has 7 heteroatoms. The first-order valence-electron chi connectivity index (χ1n) is 8.56. The van der Waals surface area contributed by atoms with Crippen molar-refractivity contribution in [1.29, 1.82) is 0 Å². The Labute approximate surface area is 141 Å². The second-order valence-electron chi connectivity index (χ2n) is 6.79. The Morgan fingerprint density at radius 2 is 2.21 bits per heavy atom. The lowest BCUT2D eigenvalue weighted by molar-refractivity contribution is -0.384. The number of amides is 2. The topological polar surface area (TPSA) is 87.5 Å². The summed E-state index contributed by atoms with van der Waals surface area (Å²) in [5.41, 5.74) is 0.927. The summed E-state index contributed by atoms with van der Waals surface area (Å²) in [6.45, 7) is 3.62. The molecule has 24 heavy (non-hydrogen) atoms. The summed E-state index contributed by atoms with van der Waals surface area (Å²) in [6, 6.07) is 7.83. The first-order chi connectivity index (χ1) is 11.5. The normalized spacial score (nSPS) is 23.9. The number of hydrogen-bond acceptors (Lipinski definition) is 4. The van der Waals surface area contributed by atoms with Gasteiger partial charge in [0.05, 0.1) is 4.92 Å². The Hall–Kier alpha value is -2.15. The lowest BCUT2D eigenvalue weighted by Gasteiger charge is -2.19. The molecule has 2 amide bonds. The molecule has 0 spiro atoms. The third-order valence-electron chi connectivity index (χ3n) is 4.79. The minimum atomic E-state index is -0.406. The summed E-state index contributed by atoms with van der Waals surface area (Å²) in [5.74, 6) is 0. The number of urea groups is 1. The van der Waals surface area contributed by atoms with Crippen molar-refractivity contribution < 1.29 is 9.72 Å². The molecular weight excluding hydrogens is 308 g/mol. The van der Waals surface area contributed by atoms with Crippen LogP contribution in [0.2, 0.25) is 0 Å². The van der Waals surface area contributed by atoms with E-state index in [9.17, 15) is 14.9 Å². The van der Waals surface area contributed by atoms with Crippen molar-refractivity contribution >= 4 is 11.7 Å². The van der Waals surface area contributed by atoms with Crippen LogP contribution in [0, 0.1) is 10.1 Å². The molecule has 1 saturated carbocycles. The number of carbonyl (C=O) groups is 1. The Kier molecular flexibility index (Phi) is 4.99. The number of carbonyl (C=O) groups excluding carboxylic acids is 1. The van der Waals surface area contributed by atoms with Crippen LogP contribution < -0.4 is 10.6 Å². The zero-order valence-corrected chi connectivity index (χ0v) is 13.9. The summed E-state index contributed by atoms with van der Waals surface area (Å²) in [4.78, 5) is 24.9. The van der Waals surface area contributed by atoms with E-state index in [1.807, 2.05) is 6.07 Å². The van der Waals surface area contributed by atoms with Gasteiger partial charge in [0.15, 0.2) is 0 Å². The number of likely N-dealkylation sites (tertiary alicyclic amines) is 1. The average Bonchev–Trinajstić information content (AvgIpc) is 3.31. The van der Waals surface area contributed by atoms with Gasteiger partial charge in [-0.2, -0.15) is 0 Å². The van der Waals surface area contributed by atoms with Gasteiger partial charge in [0.2, 0.25) is 0 Å². The van der Waals surface area contributed by atoms with Crippen LogP contribution in [0.1, 0.15) is 31.7 Å². The summed E-state index contributed by atoms with van der Waals surface area (Å²) in [6.07, 6.45) is 4.14. The monoisotopic (exact) mass is 332 g/mol. The largest absolute Gasteiger partial charge is 0.338 e. The maximum atomic E-state index is 12.0. The van der Waals surface area contributed by atoms with E-state index in [0.29, 0.717) is 19.0 Å². The molecular formula is C17H24N4O3. The molecule has 0 aromatic heterocycles. The van der Waals surface area contributed by atoms with Crippen molar-refractivity contribution in [3.63, 3.8) is 0 Å². The van der Waals surface area contributed by atoms with Crippen LogP contribution in [0.3, 0.4) is 0 Å². The minimum absolute atomic E-state index is 0.0806. The van der Waals surface area contributed by atoms with E-state index in [1.165, 1.54) is 18.9 Å². The number of nitrogens with zero attached hydrogens (tertiary/aromatic N) is 2. The van der Waals surface area contributed by atoms with Gasteiger partial charge >= 0.3 is 6.03 Å². The van der Waals surface area contributed by atoms with E-state index in [2.05, 4.69) is 22.5 Å². The van der Waals surface area contributed by atoms with Crippen LogP contribution in [0.4, 0.5) is 10.5 Å². The van der Waals surface area contributed by atoms with Gasteiger partial charge in [-0.25, -0.2) is 4.79 Å². The molecule has 1 heterocycles. The van der Waals surface area contributed by atoms with E-state index < -0.39 is 4.92 Å². The third-order valence-corrected chi connectivity index (χ3v) is 4.79. The fraction of sp³-hybridized carbons (Fsp3) is 0.588. The van der Waals surface area contributed by atoms with Gasteiger partial charge in [-0.1, -0.05) is 12.1 Å². The molecule has 0 unspecified atom stereocenters. The van der Waals surface area contributed by atoms with Gasteiger partial charge in [-0.05, 0) is 38.2 Å². The molecule has 7 nitrogen and oxygen atoms in total. The zero-order chi connectivity index (χ0) is 17.1. The highest BCUT2D eigenvalue weighted by atomic mass is 16.6. The summed E-state index contributed by atoms with van der Waals surface area (Å²) < 4.78 is 0. The van der Waals surface area contributed by atoms with Gasteiger partial charge in [0.25, 0.3) is 5.69 Å². The number of non-ortho nitro benzene ring substituents is 1. The highest BCUT2D eigenvalue weighted by molar-refractivity contribution is 5.74. The number of benzene rings is 1. The maximum Gasteiger partial charge on any atom is 0.315 e. The number of hydrogen-bond donors (Lipinski definition) is 2. The zero-order valence-electron chi connectivity index (χ0n) is 13.9. The summed E-state index contributed by atoms with van der Waals surface area (Å²) >= 11 is 0. The quantitative estimate of drug-likeness (QED) is 0.616. The van der Waals surface area contributed by atoms with E-state index in [-0.39, 0.29) is 17.8 Å². The highest BCUT2D eigenvalue weighted by Gasteiger charge is 2.39. The van der Waals surface area contributed by atoms with Crippen LogP contribution in [0.15, 0.2) is 24.3 Å². The summed E-state index contributed by atoms with van der Waals surface area (Å²) in [5, 5.41) is 16.6. The number of nitro benzene ring substituents is 1. The van der Waals surface area contributed by atoms with Crippen LogP contribution in [-0.2, 0) is 6.42 Å². The van der Waals surface area contributed by atoms with Gasteiger partial charge in [0.1, 0.15) is 0 Å². The van der Waals surface area contributed by atoms with E-state index in [0.717, 1.165) is 24.6 Å². The second-order valence-corrected chi connectivity index (χ2v) is 6.79. The lowest BCUT2D eigenvalue weighted by atomic mass is 10.1. The molecule has 2 N–H and O–H groups in total. The Morgan fingerprint density at radius 1 is 1.42 bits per heavy atom. The van der Waals surface area contributed by atoms with Crippen LogP contribution >= 0.6 is 0 Å². The van der Waals surface area contributed by atoms with Crippen molar-refractivity contribution in [1.82, 2.24) is 15.5 Å². The average molecular weight is 332 g/mol. The van der Waals surface area contributed by atoms with Crippen LogP contribution in [0.25, 0.3) is 0 Å². The standard InChI is InChI=1S/C17H24N4O3/c1-12-9-14(11-20(12)15-5-6-15)19-17(22)18-8-7-13-3-2-4-16(10-13)21(23)24/h2-4,10,12,14-15H,5-9,11H2,1H3,(H2,18,19,22)/t12-,14+/m1/s1. The van der Waals surface area contributed by atoms with Gasteiger partial charge < -0.3 is 10.6 Å². The molecule has 1 saturated heterocycles. The predicted molar refractivity (Wildman–Crippen MR) is 90.9 cm³/mol. The van der Waals surface area contributed by atoms with Gasteiger partial charge in [-0.15, -0.1) is 0 Å². The van der Waals surface area contributed by atoms with E-state index in [4.69, 9.17) is 0 Å². The van der Waals surface area contributed by atoms with Crippen molar-refractivity contribution in [2.24, 2.45) is 0 Å². The fourth-order valence-electron chi connectivity index (χ4n) is 3.46.